The Kier molecular flexibility index (Phi) is 3.71. The van der Waals surface area contributed by atoms with Crippen LogP contribution in [0.15, 0.2) is 40.6 Å². The second-order valence-corrected chi connectivity index (χ2v) is 9.69. The number of sulfonamides is 1. The van der Waals surface area contributed by atoms with Gasteiger partial charge >= 0.3 is 0 Å². The molecule has 2 aliphatic carbocycles. The molecule has 2 aromatic rings. The van der Waals surface area contributed by atoms with Gasteiger partial charge in [-0.2, -0.15) is 0 Å². The van der Waals surface area contributed by atoms with Crippen molar-refractivity contribution in [1.29, 1.82) is 0 Å². The first kappa shape index (κ1) is 16.1. The lowest BCUT2D eigenvalue weighted by atomic mass is 9.66. The molecule has 3 nitrogen and oxygen atoms in total. The summed E-state index contributed by atoms with van der Waals surface area (Å²) in [6, 6.07) is 9.35. The van der Waals surface area contributed by atoms with Gasteiger partial charge in [0, 0.05) is 4.88 Å². The van der Waals surface area contributed by atoms with E-state index in [1.165, 1.54) is 40.8 Å². The molecule has 2 N–H and O–H groups in total. The molecule has 0 unspecified atom stereocenters. The number of aryl methyl sites for hydroxylation is 1. The zero-order valence-electron chi connectivity index (χ0n) is 13.7. The summed E-state index contributed by atoms with van der Waals surface area (Å²) in [6.07, 6.45) is 6.20. The number of allylic oxidation sites excluding steroid dienone is 2. The monoisotopic (exact) mass is 359 g/mol. The Hall–Kier alpha value is -1.43. The number of thiophene rings is 1. The quantitative estimate of drug-likeness (QED) is 0.872. The molecule has 5 heteroatoms. The minimum atomic E-state index is -3.64. The largest absolute Gasteiger partial charge is 0.238 e. The molecule has 0 bridgehead atoms. The van der Waals surface area contributed by atoms with E-state index in [1.54, 1.807) is 12.1 Å². The van der Waals surface area contributed by atoms with Gasteiger partial charge in [0.15, 0.2) is 0 Å². The van der Waals surface area contributed by atoms with E-state index in [0.717, 1.165) is 18.4 Å². The maximum absolute atomic E-state index is 11.5. The average Bonchev–Trinajstić information content (AvgIpc) is 3.10. The lowest BCUT2D eigenvalue weighted by Crippen LogP contribution is -2.26. The van der Waals surface area contributed by atoms with Gasteiger partial charge in [0.05, 0.1) is 4.90 Å². The SMILES string of the molecule is Cc1csc(C2=C(c3ccc(S(N)(=O)=O)cc3)CC3(CCC3)C2)c1. The highest BCUT2D eigenvalue weighted by atomic mass is 32.2. The number of rotatable bonds is 3. The molecule has 1 fully saturated rings. The number of primary sulfonamides is 1. The van der Waals surface area contributed by atoms with Gasteiger partial charge in [-0.15, -0.1) is 11.3 Å². The molecule has 1 saturated carbocycles. The van der Waals surface area contributed by atoms with Crippen LogP contribution in [0.2, 0.25) is 0 Å². The summed E-state index contributed by atoms with van der Waals surface area (Å²) >= 11 is 1.81. The van der Waals surface area contributed by atoms with E-state index >= 15 is 0 Å². The third kappa shape index (κ3) is 2.75. The zero-order valence-corrected chi connectivity index (χ0v) is 15.3. The van der Waals surface area contributed by atoms with Gasteiger partial charge in [0.25, 0.3) is 0 Å². The summed E-state index contributed by atoms with van der Waals surface area (Å²) in [4.78, 5) is 1.54. The molecule has 0 aliphatic heterocycles. The second kappa shape index (κ2) is 5.55. The number of hydrogen-bond acceptors (Lipinski definition) is 3. The van der Waals surface area contributed by atoms with Crippen LogP contribution in [0, 0.1) is 12.3 Å². The van der Waals surface area contributed by atoms with Crippen molar-refractivity contribution in [3.8, 4) is 0 Å². The predicted molar refractivity (Wildman–Crippen MR) is 99.2 cm³/mol. The van der Waals surface area contributed by atoms with Crippen molar-refractivity contribution in [3.05, 3.63) is 51.7 Å². The van der Waals surface area contributed by atoms with Crippen molar-refractivity contribution >= 4 is 32.5 Å². The van der Waals surface area contributed by atoms with Crippen LogP contribution in [0.3, 0.4) is 0 Å². The fourth-order valence-corrected chi connectivity index (χ4v) is 5.49. The fraction of sp³-hybridized carbons (Fsp3) is 0.368. The Morgan fingerprint density at radius 2 is 1.75 bits per heavy atom. The van der Waals surface area contributed by atoms with Crippen LogP contribution >= 0.6 is 11.3 Å². The van der Waals surface area contributed by atoms with E-state index in [4.69, 9.17) is 5.14 Å². The van der Waals surface area contributed by atoms with E-state index in [2.05, 4.69) is 18.4 Å². The first-order chi connectivity index (χ1) is 11.4. The number of benzene rings is 1. The van der Waals surface area contributed by atoms with E-state index < -0.39 is 10.0 Å². The van der Waals surface area contributed by atoms with Gasteiger partial charge in [0.1, 0.15) is 0 Å². The first-order valence-electron chi connectivity index (χ1n) is 8.27. The highest BCUT2D eigenvalue weighted by molar-refractivity contribution is 7.89. The standard InChI is InChI=1S/C19H21NO2S2/c1-13-9-18(23-12-13)17-11-19(7-2-8-19)10-16(17)14-3-5-15(6-4-14)24(20,21)22/h3-6,9,12H,2,7-8,10-11H2,1H3,(H2,20,21,22). The van der Waals surface area contributed by atoms with E-state index in [9.17, 15) is 8.42 Å². The minimum absolute atomic E-state index is 0.178. The van der Waals surface area contributed by atoms with Crippen LogP contribution in [0.1, 0.15) is 48.1 Å². The first-order valence-corrected chi connectivity index (χ1v) is 10.7. The van der Waals surface area contributed by atoms with Crippen LogP contribution in [0.25, 0.3) is 11.1 Å². The van der Waals surface area contributed by atoms with Crippen LogP contribution in [-0.4, -0.2) is 8.42 Å². The fourth-order valence-electron chi connectivity index (χ4n) is 4.00. The minimum Gasteiger partial charge on any atom is -0.225 e. The van der Waals surface area contributed by atoms with Crippen LogP contribution < -0.4 is 5.14 Å². The van der Waals surface area contributed by atoms with E-state index in [1.807, 2.05) is 23.5 Å². The maximum atomic E-state index is 11.5. The number of nitrogens with two attached hydrogens (primary N) is 1. The third-order valence-electron chi connectivity index (χ3n) is 5.44. The molecule has 0 amide bonds. The van der Waals surface area contributed by atoms with Crippen LogP contribution in [-0.2, 0) is 10.0 Å². The zero-order chi connectivity index (χ0) is 16.9. The molecular weight excluding hydrogens is 338 g/mol. The Labute approximate surface area is 147 Å². The summed E-state index contributed by atoms with van der Waals surface area (Å²) in [5.74, 6) is 0. The lowest BCUT2D eigenvalue weighted by Gasteiger charge is -2.39. The van der Waals surface area contributed by atoms with Gasteiger partial charge in [-0.3, -0.25) is 0 Å². The maximum Gasteiger partial charge on any atom is 0.238 e. The van der Waals surface area contributed by atoms with Crippen molar-refractivity contribution in [2.45, 2.75) is 43.9 Å². The molecule has 4 rings (SSSR count). The predicted octanol–water partition coefficient (Wildman–Crippen LogP) is 4.58. The molecule has 126 valence electrons. The summed E-state index contributed by atoms with van der Waals surface area (Å²) in [7, 11) is -3.64. The van der Waals surface area contributed by atoms with Crippen molar-refractivity contribution < 1.29 is 8.42 Å². The molecule has 0 radical (unpaired) electrons. The summed E-state index contributed by atoms with van der Waals surface area (Å²) in [6.45, 7) is 2.13. The molecule has 24 heavy (non-hydrogen) atoms. The van der Waals surface area contributed by atoms with Crippen molar-refractivity contribution in [2.75, 3.05) is 0 Å². The molecule has 1 aromatic heterocycles. The second-order valence-electron chi connectivity index (χ2n) is 7.22. The summed E-state index contributed by atoms with van der Waals surface area (Å²) < 4.78 is 23.0. The Balaban J connectivity index is 1.77. The van der Waals surface area contributed by atoms with Gasteiger partial charge in [0.2, 0.25) is 10.0 Å². The Morgan fingerprint density at radius 3 is 2.25 bits per heavy atom. The Morgan fingerprint density at radius 1 is 1.08 bits per heavy atom. The van der Waals surface area contributed by atoms with Gasteiger partial charge in [-0.1, -0.05) is 18.6 Å². The van der Waals surface area contributed by atoms with Gasteiger partial charge in [-0.25, -0.2) is 13.6 Å². The van der Waals surface area contributed by atoms with Gasteiger partial charge in [-0.05, 0) is 83.9 Å². The summed E-state index contributed by atoms with van der Waals surface area (Å²) in [5, 5.41) is 7.42. The third-order valence-corrected chi connectivity index (χ3v) is 7.48. The van der Waals surface area contributed by atoms with Crippen molar-refractivity contribution in [2.24, 2.45) is 10.6 Å². The molecular formula is C19H21NO2S2. The van der Waals surface area contributed by atoms with E-state index in [-0.39, 0.29) is 4.90 Å². The molecule has 1 aromatic carbocycles. The molecule has 0 atom stereocenters. The van der Waals surface area contributed by atoms with Crippen LogP contribution in [0.4, 0.5) is 0 Å². The smallest absolute Gasteiger partial charge is 0.225 e. The molecule has 0 saturated heterocycles. The number of hydrogen-bond donors (Lipinski definition) is 1. The van der Waals surface area contributed by atoms with Crippen molar-refractivity contribution in [1.82, 2.24) is 0 Å². The topological polar surface area (TPSA) is 60.2 Å². The lowest BCUT2D eigenvalue weighted by molar-refractivity contribution is 0.157. The summed E-state index contributed by atoms with van der Waals surface area (Å²) in [5.41, 5.74) is 5.73. The van der Waals surface area contributed by atoms with Crippen LogP contribution in [0.5, 0.6) is 0 Å². The highest BCUT2D eigenvalue weighted by Crippen LogP contribution is 2.60. The average molecular weight is 360 g/mol. The molecule has 1 spiro atoms. The normalized spacial score (nSPS) is 19.8. The van der Waals surface area contributed by atoms with E-state index in [0.29, 0.717) is 5.41 Å². The van der Waals surface area contributed by atoms with Gasteiger partial charge < -0.3 is 0 Å². The molecule has 2 aliphatic rings. The Bertz CT molecular complexity index is 917. The highest BCUT2D eigenvalue weighted by Gasteiger charge is 2.43. The molecule has 1 heterocycles. The van der Waals surface area contributed by atoms with Crippen molar-refractivity contribution in [3.63, 3.8) is 0 Å².